The topological polar surface area (TPSA) is 189 Å². The number of amides is 5. The van der Waals surface area contributed by atoms with Crippen LogP contribution in [0.3, 0.4) is 0 Å². The summed E-state index contributed by atoms with van der Waals surface area (Å²) < 4.78 is 0. The highest BCUT2D eigenvalue weighted by Gasteiger charge is 2.30. The molecule has 0 fully saturated rings. The van der Waals surface area contributed by atoms with Gasteiger partial charge in [0.15, 0.2) is 0 Å². The minimum Gasteiger partial charge on any atom is -0.349 e. The molecule has 0 bridgehead atoms. The Kier molecular flexibility index (Phi) is 18.3. The lowest BCUT2D eigenvalue weighted by atomic mass is 10.0. The van der Waals surface area contributed by atoms with Crippen molar-refractivity contribution in [3.05, 3.63) is 35.9 Å². The van der Waals surface area contributed by atoms with Crippen LogP contribution in [0.1, 0.15) is 85.6 Å². The second-order valence-electron chi connectivity index (χ2n) is 12.3. The van der Waals surface area contributed by atoms with Crippen molar-refractivity contribution in [2.45, 2.75) is 111 Å². The average Bonchev–Trinajstić information content (AvgIpc) is 2.98. The number of Topliss-reactive ketones (excluding diaryl/α,β-unsaturated/α-hetero) is 1. The number of carbonyl (C=O) groups is 6. The summed E-state index contributed by atoms with van der Waals surface area (Å²) in [6.07, 6.45) is 4.05. The van der Waals surface area contributed by atoms with Crippen LogP contribution in [0.5, 0.6) is 0 Å². The van der Waals surface area contributed by atoms with Crippen LogP contribution < -0.4 is 32.3 Å². The molecule has 0 radical (unpaired) electrons. The molecule has 0 saturated heterocycles. The van der Waals surface area contributed by atoms with Crippen molar-refractivity contribution in [2.24, 2.45) is 17.6 Å². The Morgan fingerprint density at radius 2 is 1.36 bits per heavy atom. The van der Waals surface area contributed by atoms with E-state index >= 15 is 0 Å². The van der Waals surface area contributed by atoms with Crippen molar-refractivity contribution in [3.8, 4) is 0 Å². The molecule has 0 heterocycles. The van der Waals surface area contributed by atoms with E-state index in [2.05, 4.69) is 26.6 Å². The maximum Gasteiger partial charge on any atom is 0.289 e. The van der Waals surface area contributed by atoms with Crippen LogP contribution in [0.15, 0.2) is 30.3 Å². The quantitative estimate of drug-likeness (QED) is 0.0877. The van der Waals surface area contributed by atoms with E-state index in [4.69, 9.17) is 5.73 Å². The predicted molar refractivity (Wildman–Crippen MR) is 174 cm³/mol. The third-order valence-corrected chi connectivity index (χ3v) is 7.19. The highest BCUT2D eigenvalue weighted by Crippen LogP contribution is 2.07. The molecule has 0 aliphatic carbocycles. The standard InChI is InChI=1S/C33H54N6O6/c1-21(2)20-27(40)39-28(22(3)4)32(44)37-24(6)30(42)38-26(17-10-12-18-34)31(43)36-23(5)29(41)33(45)35-19-13-11-16-25-14-8-7-9-15-25/h7-9,14-15,21-24,26,28H,10-13,16-20,34H2,1-6H3,(H,35,45)(H,36,43)(H,37,44)(H,38,42)(H,39,40)/t23-,24-,26-,28-/m0/s1. The van der Waals surface area contributed by atoms with Gasteiger partial charge >= 0.3 is 0 Å². The zero-order chi connectivity index (χ0) is 33.9. The van der Waals surface area contributed by atoms with Crippen molar-refractivity contribution >= 4 is 35.3 Å². The van der Waals surface area contributed by atoms with Crippen LogP contribution in [0.25, 0.3) is 0 Å². The van der Waals surface area contributed by atoms with Crippen LogP contribution in [-0.2, 0) is 35.2 Å². The summed E-state index contributed by atoms with van der Waals surface area (Å²) in [6.45, 7) is 11.0. The lowest BCUT2D eigenvalue weighted by Crippen LogP contribution is -2.58. The second-order valence-corrected chi connectivity index (χ2v) is 12.3. The largest absolute Gasteiger partial charge is 0.349 e. The fourth-order valence-electron chi connectivity index (χ4n) is 4.53. The highest BCUT2D eigenvalue weighted by molar-refractivity contribution is 6.38. The number of hydrogen-bond donors (Lipinski definition) is 6. The van der Waals surface area contributed by atoms with Crippen LogP contribution in [0.2, 0.25) is 0 Å². The van der Waals surface area contributed by atoms with E-state index in [9.17, 15) is 28.8 Å². The highest BCUT2D eigenvalue weighted by atomic mass is 16.2. The van der Waals surface area contributed by atoms with Gasteiger partial charge in [-0.15, -0.1) is 0 Å². The van der Waals surface area contributed by atoms with Crippen LogP contribution in [0.4, 0.5) is 0 Å². The molecule has 12 heteroatoms. The van der Waals surface area contributed by atoms with Gasteiger partial charge in [0, 0.05) is 13.0 Å². The fraction of sp³-hybridized carbons (Fsp3) is 0.636. The number of hydrogen-bond acceptors (Lipinski definition) is 7. The number of aryl methyl sites for hydroxylation is 1. The molecule has 1 rings (SSSR count). The zero-order valence-corrected chi connectivity index (χ0v) is 27.7. The summed E-state index contributed by atoms with van der Waals surface area (Å²) in [5, 5.41) is 13.1. The minimum absolute atomic E-state index is 0.121. The molecular formula is C33H54N6O6. The van der Waals surface area contributed by atoms with Crippen LogP contribution in [0, 0.1) is 11.8 Å². The number of ketones is 1. The number of rotatable bonds is 21. The Morgan fingerprint density at radius 3 is 1.96 bits per heavy atom. The van der Waals surface area contributed by atoms with Crippen molar-refractivity contribution in [1.82, 2.24) is 26.6 Å². The molecule has 5 amide bonds. The minimum atomic E-state index is -1.12. The van der Waals surface area contributed by atoms with E-state index in [1.807, 2.05) is 44.2 Å². The Balaban J connectivity index is 2.69. The fourth-order valence-corrected chi connectivity index (χ4v) is 4.53. The van der Waals surface area contributed by atoms with Gasteiger partial charge in [-0.3, -0.25) is 28.8 Å². The third-order valence-electron chi connectivity index (χ3n) is 7.19. The van der Waals surface area contributed by atoms with Crippen molar-refractivity contribution in [2.75, 3.05) is 13.1 Å². The number of benzene rings is 1. The molecule has 0 aliphatic heterocycles. The Bertz CT molecular complexity index is 1110. The summed E-state index contributed by atoms with van der Waals surface area (Å²) in [6, 6.07) is 5.97. The van der Waals surface area contributed by atoms with Gasteiger partial charge in [-0.1, -0.05) is 58.0 Å². The molecule has 0 saturated carbocycles. The first-order chi connectivity index (χ1) is 21.3. The molecule has 0 aliphatic rings. The van der Waals surface area contributed by atoms with Crippen molar-refractivity contribution in [3.63, 3.8) is 0 Å². The van der Waals surface area contributed by atoms with E-state index in [1.165, 1.54) is 19.4 Å². The molecule has 0 unspecified atom stereocenters. The Labute approximate surface area is 267 Å². The summed E-state index contributed by atoms with van der Waals surface area (Å²) in [5.74, 6) is -3.70. The van der Waals surface area contributed by atoms with Crippen molar-refractivity contribution < 1.29 is 28.8 Å². The number of nitrogens with two attached hydrogens (primary N) is 1. The molecular weight excluding hydrogens is 576 g/mol. The van der Waals surface area contributed by atoms with Gasteiger partial charge in [0.2, 0.25) is 29.4 Å². The van der Waals surface area contributed by atoms with E-state index < -0.39 is 53.6 Å². The average molecular weight is 631 g/mol. The molecule has 1 aromatic rings. The van der Waals surface area contributed by atoms with E-state index in [0.717, 1.165) is 12.8 Å². The van der Waals surface area contributed by atoms with Gasteiger partial charge in [0.1, 0.15) is 18.1 Å². The van der Waals surface area contributed by atoms with Gasteiger partial charge < -0.3 is 32.3 Å². The second kappa shape index (κ2) is 21.0. The summed E-state index contributed by atoms with van der Waals surface area (Å²) in [4.78, 5) is 76.4. The maximum atomic E-state index is 13.1. The van der Waals surface area contributed by atoms with E-state index in [-0.39, 0.29) is 30.6 Å². The normalized spacial score (nSPS) is 13.7. The first-order valence-corrected chi connectivity index (χ1v) is 16.0. The molecule has 4 atom stereocenters. The predicted octanol–water partition coefficient (Wildman–Crippen LogP) is 1.50. The SMILES string of the molecule is CC(C)CC(=O)N[C@H](C(=O)N[C@@H](C)C(=O)N[C@@H](CCCCN)C(=O)N[C@@H](C)C(=O)C(=O)NCCCCc1ccccc1)C(C)C. The monoisotopic (exact) mass is 630 g/mol. The van der Waals surface area contributed by atoms with Gasteiger partial charge in [0.25, 0.3) is 5.91 Å². The third kappa shape index (κ3) is 15.7. The van der Waals surface area contributed by atoms with Gasteiger partial charge in [0.05, 0.1) is 6.04 Å². The van der Waals surface area contributed by atoms with E-state index in [0.29, 0.717) is 32.4 Å². The molecule has 0 spiro atoms. The van der Waals surface area contributed by atoms with Gasteiger partial charge in [-0.2, -0.15) is 0 Å². The molecule has 252 valence electrons. The summed E-state index contributed by atoms with van der Waals surface area (Å²) in [7, 11) is 0. The van der Waals surface area contributed by atoms with Crippen LogP contribution >= 0.6 is 0 Å². The Morgan fingerprint density at radius 1 is 0.711 bits per heavy atom. The molecule has 7 N–H and O–H groups in total. The Hall–Kier alpha value is -3.80. The zero-order valence-electron chi connectivity index (χ0n) is 27.7. The lowest BCUT2D eigenvalue weighted by molar-refractivity contribution is -0.140. The maximum absolute atomic E-state index is 13.1. The first-order valence-electron chi connectivity index (χ1n) is 16.0. The van der Waals surface area contributed by atoms with Crippen molar-refractivity contribution in [1.29, 1.82) is 0 Å². The van der Waals surface area contributed by atoms with Crippen LogP contribution in [-0.4, -0.2) is 72.6 Å². The smallest absolute Gasteiger partial charge is 0.289 e. The van der Waals surface area contributed by atoms with Gasteiger partial charge in [-0.05, 0) is 76.3 Å². The van der Waals surface area contributed by atoms with Gasteiger partial charge in [-0.25, -0.2) is 0 Å². The number of unbranched alkanes of at least 4 members (excludes halogenated alkanes) is 2. The molecule has 0 aromatic heterocycles. The summed E-state index contributed by atoms with van der Waals surface area (Å²) in [5.41, 5.74) is 6.80. The molecule has 45 heavy (non-hydrogen) atoms. The number of nitrogens with one attached hydrogen (secondary N) is 5. The summed E-state index contributed by atoms with van der Waals surface area (Å²) >= 11 is 0. The molecule has 12 nitrogen and oxygen atoms in total. The molecule has 1 aromatic carbocycles. The lowest BCUT2D eigenvalue weighted by Gasteiger charge is -2.26. The number of carbonyl (C=O) groups excluding carboxylic acids is 6. The van der Waals surface area contributed by atoms with E-state index in [1.54, 1.807) is 13.8 Å². The first kappa shape index (κ1) is 39.2.